The molecule has 3 heterocycles. The standard InChI is InChI=1S/C58H38N4S/c1-2-17-42(18-3-1)61-50-26-10-11-27-53(50)63-54-35-33-41(36-52(54)61)46-23-13-24-48-55-45-20-7-5-15-38(45)32-34-51(55)62(57(46)48)58-59-49-25-9-8-21-47(49)56(60-58)40-30-28-39(29-31-40)44-22-12-16-37-14-4-6-19-43(37)44/h1-8,10-24,26-36H,9,25H2. The van der Waals surface area contributed by atoms with Crippen molar-refractivity contribution in [3.63, 3.8) is 0 Å². The highest BCUT2D eigenvalue weighted by molar-refractivity contribution is 7.99. The molecule has 13 rings (SSSR count). The fraction of sp³-hybridized carbons (Fsp3) is 0.0345. The Balaban J connectivity index is 1.04. The quantitative estimate of drug-likeness (QED) is 0.173. The van der Waals surface area contributed by atoms with E-state index in [4.69, 9.17) is 9.97 Å². The Kier molecular flexibility index (Phi) is 8.25. The second-order valence-electron chi connectivity index (χ2n) is 16.4. The van der Waals surface area contributed by atoms with Crippen LogP contribution in [-0.4, -0.2) is 14.5 Å². The minimum atomic E-state index is 0.688. The van der Waals surface area contributed by atoms with Crippen molar-refractivity contribution in [2.45, 2.75) is 22.6 Å². The van der Waals surface area contributed by atoms with Gasteiger partial charge in [-0.25, -0.2) is 9.97 Å². The van der Waals surface area contributed by atoms with Crippen LogP contribution in [0.2, 0.25) is 0 Å². The first kappa shape index (κ1) is 36.0. The number of allylic oxidation sites excluding steroid dienone is 1. The predicted molar refractivity (Wildman–Crippen MR) is 264 cm³/mol. The molecular weight excluding hydrogens is 785 g/mol. The molecule has 1 aliphatic carbocycles. The highest BCUT2D eigenvalue weighted by Crippen LogP contribution is 2.53. The first-order valence-electron chi connectivity index (χ1n) is 21.6. The van der Waals surface area contributed by atoms with Gasteiger partial charge in [0, 0.05) is 42.9 Å². The van der Waals surface area contributed by atoms with Crippen LogP contribution in [0.4, 0.5) is 17.1 Å². The Morgan fingerprint density at radius 2 is 1.17 bits per heavy atom. The van der Waals surface area contributed by atoms with Gasteiger partial charge in [-0.1, -0.05) is 176 Å². The Morgan fingerprint density at radius 1 is 0.492 bits per heavy atom. The van der Waals surface area contributed by atoms with Crippen LogP contribution < -0.4 is 4.90 Å². The maximum Gasteiger partial charge on any atom is 0.235 e. The van der Waals surface area contributed by atoms with E-state index in [2.05, 4.69) is 216 Å². The SMILES string of the molecule is C1=Cc2c(nc(-n3c4ccc5ccccc5c4c4cccc(-c5ccc6c(c5)N(c5ccccc5)c5ccccc5S6)c43)nc2-c2ccc(-c3cccc4ccccc34)cc2)CC1. The van der Waals surface area contributed by atoms with E-state index in [1.54, 1.807) is 0 Å². The van der Waals surface area contributed by atoms with E-state index in [0.29, 0.717) is 5.95 Å². The van der Waals surface area contributed by atoms with Crippen LogP contribution in [0.1, 0.15) is 17.7 Å². The van der Waals surface area contributed by atoms with Gasteiger partial charge in [-0.3, -0.25) is 4.57 Å². The maximum atomic E-state index is 5.60. The zero-order valence-electron chi connectivity index (χ0n) is 34.2. The molecule has 0 N–H and O–H groups in total. The molecule has 9 aromatic carbocycles. The summed E-state index contributed by atoms with van der Waals surface area (Å²) in [6.07, 6.45) is 6.29. The van der Waals surface area contributed by atoms with Gasteiger partial charge in [0.2, 0.25) is 5.95 Å². The molecular formula is C58H38N4S. The predicted octanol–water partition coefficient (Wildman–Crippen LogP) is 15.8. The zero-order chi connectivity index (χ0) is 41.4. The highest BCUT2D eigenvalue weighted by Gasteiger charge is 2.27. The normalized spacial score (nSPS) is 13.1. The Hall–Kier alpha value is -7.73. The molecule has 2 aliphatic rings. The maximum absolute atomic E-state index is 5.60. The molecule has 296 valence electrons. The number of fused-ring (bicyclic) bond motifs is 9. The van der Waals surface area contributed by atoms with E-state index >= 15 is 0 Å². The first-order valence-corrected chi connectivity index (χ1v) is 22.4. The molecule has 0 bridgehead atoms. The van der Waals surface area contributed by atoms with Gasteiger partial charge < -0.3 is 4.90 Å². The molecule has 0 saturated heterocycles. The summed E-state index contributed by atoms with van der Waals surface area (Å²) in [5.74, 6) is 0.688. The zero-order valence-corrected chi connectivity index (χ0v) is 35.1. The van der Waals surface area contributed by atoms with Gasteiger partial charge in [-0.2, -0.15) is 0 Å². The van der Waals surface area contributed by atoms with Crippen molar-refractivity contribution in [2.24, 2.45) is 0 Å². The third-order valence-electron chi connectivity index (χ3n) is 12.8. The lowest BCUT2D eigenvalue weighted by molar-refractivity contribution is 0.878. The number of aryl methyl sites for hydroxylation is 1. The van der Waals surface area contributed by atoms with Crippen molar-refractivity contribution in [2.75, 3.05) is 4.90 Å². The van der Waals surface area contributed by atoms with Gasteiger partial charge in [-0.05, 0) is 93.5 Å². The summed E-state index contributed by atoms with van der Waals surface area (Å²) in [7, 11) is 0. The average Bonchev–Trinajstić information content (AvgIpc) is 3.70. The van der Waals surface area contributed by atoms with Crippen molar-refractivity contribution in [3.8, 4) is 39.5 Å². The Morgan fingerprint density at radius 3 is 2.06 bits per heavy atom. The van der Waals surface area contributed by atoms with Crippen LogP contribution >= 0.6 is 11.8 Å². The van der Waals surface area contributed by atoms with Gasteiger partial charge in [0.05, 0.1) is 33.8 Å². The third-order valence-corrected chi connectivity index (χ3v) is 14.0. The van der Waals surface area contributed by atoms with Crippen molar-refractivity contribution in [1.82, 2.24) is 14.5 Å². The van der Waals surface area contributed by atoms with Crippen molar-refractivity contribution >= 4 is 78.3 Å². The Bertz CT molecular complexity index is 3660. The number of anilines is 3. The molecule has 5 heteroatoms. The molecule has 0 spiro atoms. The fourth-order valence-corrected chi connectivity index (χ4v) is 11.0. The monoisotopic (exact) mass is 822 g/mol. The summed E-state index contributed by atoms with van der Waals surface area (Å²) in [6.45, 7) is 0. The van der Waals surface area contributed by atoms with Crippen LogP contribution in [0.3, 0.4) is 0 Å². The average molecular weight is 823 g/mol. The molecule has 0 radical (unpaired) electrons. The summed E-state index contributed by atoms with van der Waals surface area (Å²) in [6, 6.07) is 70.5. The van der Waals surface area contributed by atoms with E-state index in [1.807, 2.05) is 11.8 Å². The summed E-state index contributed by atoms with van der Waals surface area (Å²) in [5, 5.41) is 7.31. The number of nitrogens with zero attached hydrogens (tertiary/aromatic N) is 4. The lowest BCUT2D eigenvalue weighted by Crippen LogP contribution is -2.14. The van der Waals surface area contributed by atoms with Crippen LogP contribution in [-0.2, 0) is 6.42 Å². The van der Waals surface area contributed by atoms with E-state index in [0.717, 1.165) is 63.2 Å². The van der Waals surface area contributed by atoms with E-state index in [1.165, 1.54) is 64.6 Å². The Labute approximate surface area is 369 Å². The first-order chi connectivity index (χ1) is 31.2. The van der Waals surface area contributed by atoms with Crippen LogP contribution in [0.5, 0.6) is 0 Å². The van der Waals surface area contributed by atoms with Gasteiger partial charge in [0.1, 0.15) is 0 Å². The highest BCUT2D eigenvalue weighted by atomic mass is 32.2. The number of rotatable bonds is 5. The second kappa shape index (κ2) is 14.4. The molecule has 0 fully saturated rings. The van der Waals surface area contributed by atoms with Gasteiger partial charge in [0.15, 0.2) is 0 Å². The van der Waals surface area contributed by atoms with E-state index in [9.17, 15) is 0 Å². The van der Waals surface area contributed by atoms with Gasteiger partial charge >= 0.3 is 0 Å². The van der Waals surface area contributed by atoms with Crippen molar-refractivity contribution in [3.05, 3.63) is 211 Å². The minimum absolute atomic E-state index is 0.688. The fourth-order valence-electron chi connectivity index (χ4n) is 9.95. The lowest BCUT2D eigenvalue weighted by atomic mass is 9.94. The van der Waals surface area contributed by atoms with E-state index in [-0.39, 0.29) is 0 Å². The lowest BCUT2D eigenvalue weighted by Gasteiger charge is -2.33. The summed E-state index contributed by atoms with van der Waals surface area (Å²) < 4.78 is 2.34. The van der Waals surface area contributed by atoms with Gasteiger partial charge in [-0.15, -0.1) is 0 Å². The number of aromatic nitrogens is 3. The molecule has 63 heavy (non-hydrogen) atoms. The largest absolute Gasteiger partial charge is 0.308 e. The molecule has 4 nitrogen and oxygen atoms in total. The summed E-state index contributed by atoms with van der Waals surface area (Å²) in [5.41, 5.74) is 14.6. The van der Waals surface area contributed by atoms with Crippen LogP contribution in [0.25, 0.3) is 88.9 Å². The minimum Gasteiger partial charge on any atom is -0.308 e. The third kappa shape index (κ3) is 5.77. The van der Waals surface area contributed by atoms with Crippen LogP contribution in [0, 0.1) is 0 Å². The summed E-state index contributed by atoms with van der Waals surface area (Å²) in [4.78, 5) is 16.0. The number of para-hydroxylation sites is 3. The van der Waals surface area contributed by atoms with Crippen molar-refractivity contribution < 1.29 is 0 Å². The molecule has 1 aliphatic heterocycles. The second-order valence-corrected chi connectivity index (χ2v) is 17.5. The van der Waals surface area contributed by atoms with Crippen molar-refractivity contribution in [1.29, 1.82) is 0 Å². The smallest absolute Gasteiger partial charge is 0.235 e. The molecule has 0 saturated carbocycles. The number of hydrogen-bond acceptors (Lipinski definition) is 4. The topological polar surface area (TPSA) is 34.0 Å². The van der Waals surface area contributed by atoms with Gasteiger partial charge in [0.25, 0.3) is 0 Å². The number of hydrogen-bond donors (Lipinski definition) is 0. The molecule has 2 aromatic heterocycles. The molecule has 0 atom stereocenters. The van der Waals surface area contributed by atoms with Crippen LogP contribution in [0.15, 0.2) is 210 Å². The summed E-state index contributed by atoms with van der Waals surface area (Å²) >= 11 is 1.83. The molecule has 0 unspecified atom stereocenters. The molecule has 11 aromatic rings. The van der Waals surface area contributed by atoms with E-state index < -0.39 is 0 Å². The number of benzene rings is 9. The molecule has 0 amide bonds.